The standard InChI is InChI=1S/C13H14BrNO3S2/c1-8-3-4-9(2)11(5-8)15-20(17,18)12-6-10(7-16)19-13(12)14/h3-6,15-16H,7H2,1-2H3. The van der Waals surface area contributed by atoms with Crippen molar-refractivity contribution in [1.29, 1.82) is 0 Å². The molecule has 0 amide bonds. The first-order chi connectivity index (χ1) is 9.33. The molecule has 0 aliphatic carbocycles. The van der Waals surface area contributed by atoms with Gasteiger partial charge in [-0.1, -0.05) is 12.1 Å². The molecule has 2 aromatic rings. The number of hydrogen-bond donors (Lipinski definition) is 2. The van der Waals surface area contributed by atoms with Gasteiger partial charge in [-0.25, -0.2) is 8.42 Å². The lowest BCUT2D eigenvalue weighted by Crippen LogP contribution is -2.13. The molecule has 0 bridgehead atoms. The molecular formula is C13H14BrNO3S2. The van der Waals surface area contributed by atoms with Gasteiger partial charge < -0.3 is 5.11 Å². The number of aryl methyl sites for hydroxylation is 2. The van der Waals surface area contributed by atoms with E-state index in [9.17, 15) is 8.42 Å². The summed E-state index contributed by atoms with van der Waals surface area (Å²) in [6.45, 7) is 3.57. The molecule has 7 heteroatoms. The SMILES string of the molecule is Cc1ccc(C)c(NS(=O)(=O)c2cc(CO)sc2Br)c1. The summed E-state index contributed by atoms with van der Waals surface area (Å²) >= 11 is 4.43. The average molecular weight is 376 g/mol. The minimum Gasteiger partial charge on any atom is -0.391 e. The van der Waals surface area contributed by atoms with Crippen molar-refractivity contribution in [3.8, 4) is 0 Å². The van der Waals surface area contributed by atoms with Gasteiger partial charge in [0.25, 0.3) is 10.0 Å². The molecule has 0 saturated heterocycles. The zero-order chi connectivity index (χ0) is 14.9. The number of nitrogens with one attached hydrogen (secondary N) is 1. The quantitative estimate of drug-likeness (QED) is 0.859. The normalized spacial score (nSPS) is 11.6. The Kier molecular flexibility index (Phi) is 4.53. The van der Waals surface area contributed by atoms with E-state index in [-0.39, 0.29) is 11.5 Å². The van der Waals surface area contributed by atoms with Crippen molar-refractivity contribution in [3.05, 3.63) is 44.1 Å². The van der Waals surface area contributed by atoms with Crippen molar-refractivity contribution in [3.63, 3.8) is 0 Å². The number of sulfonamides is 1. The van der Waals surface area contributed by atoms with Crippen LogP contribution in [0.5, 0.6) is 0 Å². The van der Waals surface area contributed by atoms with E-state index in [4.69, 9.17) is 5.11 Å². The van der Waals surface area contributed by atoms with Crippen LogP contribution >= 0.6 is 27.3 Å². The molecule has 0 radical (unpaired) electrons. The third-order valence-corrected chi connectivity index (χ3v) is 6.39. The van der Waals surface area contributed by atoms with E-state index in [1.165, 1.54) is 17.4 Å². The fraction of sp³-hybridized carbons (Fsp3) is 0.231. The first-order valence-electron chi connectivity index (χ1n) is 5.82. The van der Waals surface area contributed by atoms with Gasteiger partial charge >= 0.3 is 0 Å². The van der Waals surface area contributed by atoms with Gasteiger partial charge in [-0.05, 0) is 53.0 Å². The number of hydrogen-bond acceptors (Lipinski definition) is 4. The second-order valence-electron chi connectivity index (χ2n) is 4.43. The van der Waals surface area contributed by atoms with Gasteiger partial charge in [-0.15, -0.1) is 11.3 Å². The average Bonchev–Trinajstić information content (AvgIpc) is 2.76. The van der Waals surface area contributed by atoms with Gasteiger partial charge in [-0.3, -0.25) is 4.72 Å². The molecule has 2 N–H and O–H groups in total. The molecule has 0 fully saturated rings. The largest absolute Gasteiger partial charge is 0.391 e. The Morgan fingerprint density at radius 1 is 1.30 bits per heavy atom. The van der Waals surface area contributed by atoms with E-state index in [2.05, 4.69) is 20.7 Å². The number of rotatable bonds is 4. The number of aliphatic hydroxyl groups excluding tert-OH is 1. The van der Waals surface area contributed by atoms with Gasteiger partial charge in [0.05, 0.1) is 16.1 Å². The van der Waals surface area contributed by atoms with E-state index in [0.717, 1.165) is 11.1 Å². The van der Waals surface area contributed by atoms with Crippen molar-refractivity contribution in [2.45, 2.75) is 25.3 Å². The van der Waals surface area contributed by atoms with E-state index in [1.54, 1.807) is 6.07 Å². The second-order valence-corrected chi connectivity index (χ2v) is 8.54. The van der Waals surface area contributed by atoms with Crippen LogP contribution in [0.1, 0.15) is 16.0 Å². The van der Waals surface area contributed by atoms with Crippen LogP contribution < -0.4 is 4.72 Å². The lowest BCUT2D eigenvalue weighted by molar-refractivity contribution is 0.285. The summed E-state index contributed by atoms with van der Waals surface area (Å²) < 4.78 is 27.9. The lowest BCUT2D eigenvalue weighted by Gasteiger charge is -2.10. The number of thiophene rings is 1. The van der Waals surface area contributed by atoms with E-state index in [0.29, 0.717) is 14.4 Å². The molecule has 20 heavy (non-hydrogen) atoms. The third-order valence-electron chi connectivity index (χ3n) is 2.79. The summed E-state index contributed by atoms with van der Waals surface area (Å²) in [5, 5.41) is 9.09. The molecule has 0 atom stereocenters. The maximum atomic E-state index is 12.4. The van der Waals surface area contributed by atoms with Crippen LogP contribution in [0.4, 0.5) is 5.69 Å². The third kappa shape index (κ3) is 3.22. The Morgan fingerprint density at radius 2 is 2.00 bits per heavy atom. The molecule has 0 spiro atoms. The Labute approximate surface area is 130 Å². The molecule has 1 heterocycles. The Balaban J connectivity index is 2.40. The zero-order valence-electron chi connectivity index (χ0n) is 11.0. The van der Waals surface area contributed by atoms with Crippen molar-refractivity contribution in [2.24, 2.45) is 0 Å². The van der Waals surface area contributed by atoms with Crippen molar-refractivity contribution in [1.82, 2.24) is 0 Å². The second kappa shape index (κ2) is 5.85. The van der Waals surface area contributed by atoms with Gasteiger partial charge in [-0.2, -0.15) is 0 Å². The van der Waals surface area contributed by atoms with Crippen LogP contribution in [0, 0.1) is 13.8 Å². The molecule has 0 aliphatic rings. The fourth-order valence-electron chi connectivity index (χ4n) is 1.70. The van der Waals surface area contributed by atoms with Crippen molar-refractivity contribution in [2.75, 3.05) is 4.72 Å². The van der Waals surface area contributed by atoms with Gasteiger partial charge in [0.1, 0.15) is 4.90 Å². The highest BCUT2D eigenvalue weighted by molar-refractivity contribution is 9.11. The zero-order valence-corrected chi connectivity index (χ0v) is 14.2. The first kappa shape index (κ1) is 15.5. The molecule has 0 saturated carbocycles. The minimum atomic E-state index is -3.67. The van der Waals surface area contributed by atoms with Crippen LogP contribution in [0.15, 0.2) is 32.9 Å². The van der Waals surface area contributed by atoms with Gasteiger partial charge in [0.2, 0.25) is 0 Å². The molecular weight excluding hydrogens is 362 g/mol. The number of anilines is 1. The molecule has 4 nitrogen and oxygen atoms in total. The topological polar surface area (TPSA) is 66.4 Å². The smallest absolute Gasteiger partial charge is 0.263 e. The highest BCUT2D eigenvalue weighted by atomic mass is 79.9. The summed E-state index contributed by atoms with van der Waals surface area (Å²) in [7, 11) is -3.67. The van der Waals surface area contributed by atoms with Crippen LogP contribution in [-0.4, -0.2) is 13.5 Å². The van der Waals surface area contributed by atoms with Crippen LogP contribution in [0.3, 0.4) is 0 Å². The van der Waals surface area contributed by atoms with E-state index in [1.807, 2.05) is 26.0 Å². The van der Waals surface area contributed by atoms with Crippen LogP contribution in [0.2, 0.25) is 0 Å². The monoisotopic (exact) mass is 375 g/mol. The van der Waals surface area contributed by atoms with E-state index < -0.39 is 10.0 Å². The molecule has 1 aromatic carbocycles. The van der Waals surface area contributed by atoms with Crippen LogP contribution in [-0.2, 0) is 16.6 Å². The maximum absolute atomic E-state index is 12.4. The molecule has 108 valence electrons. The molecule has 0 unspecified atom stereocenters. The predicted molar refractivity (Wildman–Crippen MR) is 84.7 cm³/mol. The predicted octanol–water partition coefficient (Wildman–Crippen LogP) is 3.42. The minimum absolute atomic E-state index is 0.146. The Morgan fingerprint density at radius 3 is 2.60 bits per heavy atom. The van der Waals surface area contributed by atoms with Crippen molar-refractivity contribution < 1.29 is 13.5 Å². The first-order valence-corrected chi connectivity index (χ1v) is 8.92. The number of benzene rings is 1. The van der Waals surface area contributed by atoms with Crippen LogP contribution in [0.25, 0.3) is 0 Å². The van der Waals surface area contributed by atoms with Crippen molar-refractivity contribution >= 4 is 43.0 Å². The van der Waals surface area contributed by atoms with Gasteiger partial charge in [0.15, 0.2) is 0 Å². The maximum Gasteiger partial charge on any atom is 0.263 e. The van der Waals surface area contributed by atoms with E-state index >= 15 is 0 Å². The summed E-state index contributed by atoms with van der Waals surface area (Å²) in [5.41, 5.74) is 2.40. The Bertz CT molecular complexity index is 738. The summed E-state index contributed by atoms with van der Waals surface area (Å²) in [4.78, 5) is 0.741. The molecule has 0 aliphatic heterocycles. The summed E-state index contributed by atoms with van der Waals surface area (Å²) in [5.74, 6) is 0. The Hall–Kier alpha value is -0.890. The highest BCUT2D eigenvalue weighted by Crippen LogP contribution is 2.33. The molecule has 1 aromatic heterocycles. The van der Waals surface area contributed by atoms with Gasteiger partial charge in [0, 0.05) is 4.88 Å². The molecule has 2 rings (SSSR count). The summed E-state index contributed by atoms with van der Waals surface area (Å²) in [6, 6.07) is 7.06. The fourth-order valence-corrected chi connectivity index (χ4v) is 5.37. The summed E-state index contributed by atoms with van der Waals surface area (Å²) in [6.07, 6.45) is 0. The number of halogens is 1. The number of aliphatic hydroxyl groups is 1. The highest BCUT2D eigenvalue weighted by Gasteiger charge is 2.21. The lowest BCUT2D eigenvalue weighted by atomic mass is 10.1.